The Kier molecular flexibility index (Phi) is 6.61. The van der Waals surface area contributed by atoms with E-state index < -0.39 is 22.1 Å². The number of rotatable bonds is 5. The van der Waals surface area contributed by atoms with Gasteiger partial charge in [-0.15, -0.1) is 0 Å². The second kappa shape index (κ2) is 8.78. The van der Waals surface area contributed by atoms with Gasteiger partial charge in [-0.25, -0.2) is 9.78 Å². The van der Waals surface area contributed by atoms with Gasteiger partial charge in [0.15, 0.2) is 23.1 Å². The fourth-order valence-electron chi connectivity index (χ4n) is 2.65. The molecule has 28 heavy (non-hydrogen) atoms. The van der Waals surface area contributed by atoms with Gasteiger partial charge in [-0.3, -0.25) is 14.8 Å². The number of imidazole rings is 1. The maximum absolute atomic E-state index is 13.6. The lowest BCUT2D eigenvalue weighted by atomic mass is 10.4. The molecule has 3 rings (SSSR count). The predicted octanol–water partition coefficient (Wildman–Crippen LogP) is 1.47. The van der Waals surface area contributed by atoms with Gasteiger partial charge in [-0.1, -0.05) is 34.8 Å². The van der Waals surface area contributed by atoms with Crippen LogP contribution in [-0.2, 0) is 9.47 Å². The number of hydrogen-bond acceptors (Lipinski definition) is 8. The lowest BCUT2D eigenvalue weighted by Crippen LogP contribution is -2.42. The average molecular weight is 457 g/mol. The van der Waals surface area contributed by atoms with Crippen molar-refractivity contribution in [1.29, 1.82) is 0 Å². The number of carbonyl (C=O) groups excluding carboxylic acids is 1. The molecule has 1 saturated heterocycles. The number of anilines is 1. The van der Waals surface area contributed by atoms with E-state index in [0.717, 1.165) is 13.1 Å². The van der Waals surface area contributed by atoms with Crippen LogP contribution in [0.3, 0.4) is 0 Å². The SMILES string of the molecule is Nc1nc(F)nc2c1ncn2C(NC(=O)OCCN1CCOCC1)C(Cl)(Cl)Cl. The van der Waals surface area contributed by atoms with Crippen LogP contribution in [0.4, 0.5) is 15.0 Å². The molecular weight excluding hydrogens is 440 g/mol. The van der Waals surface area contributed by atoms with E-state index in [4.69, 9.17) is 50.0 Å². The molecule has 1 amide bonds. The number of hydrogen-bond donors (Lipinski definition) is 2. The summed E-state index contributed by atoms with van der Waals surface area (Å²) in [6, 6.07) is 0. The number of carbonyl (C=O) groups is 1. The number of morpholine rings is 1. The van der Waals surface area contributed by atoms with Crippen LogP contribution in [0.2, 0.25) is 0 Å². The lowest BCUT2D eigenvalue weighted by molar-refractivity contribution is 0.0277. The highest BCUT2D eigenvalue weighted by molar-refractivity contribution is 6.68. The molecule has 1 unspecified atom stereocenters. The van der Waals surface area contributed by atoms with Gasteiger partial charge in [0.1, 0.15) is 6.61 Å². The van der Waals surface area contributed by atoms with E-state index in [9.17, 15) is 9.18 Å². The molecule has 0 saturated carbocycles. The van der Waals surface area contributed by atoms with Crippen molar-refractivity contribution in [2.24, 2.45) is 0 Å². The Bertz CT molecular complexity index is 841. The topological polar surface area (TPSA) is 120 Å². The van der Waals surface area contributed by atoms with Crippen molar-refractivity contribution in [3.8, 4) is 0 Å². The number of amides is 1. The number of aromatic nitrogens is 4. The largest absolute Gasteiger partial charge is 0.448 e. The minimum absolute atomic E-state index is 0.0464. The quantitative estimate of drug-likeness (QED) is 0.513. The highest BCUT2D eigenvalue weighted by Gasteiger charge is 2.37. The number of nitrogens with two attached hydrogens (primary N) is 1. The van der Waals surface area contributed by atoms with Crippen molar-refractivity contribution in [2.45, 2.75) is 9.96 Å². The summed E-state index contributed by atoms with van der Waals surface area (Å²) in [6.07, 6.45) is -1.99. The number of fused-ring (bicyclic) bond motifs is 1. The summed E-state index contributed by atoms with van der Waals surface area (Å²) in [5.74, 6) is -0.183. The van der Waals surface area contributed by atoms with Crippen molar-refractivity contribution in [3.63, 3.8) is 0 Å². The van der Waals surface area contributed by atoms with E-state index in [1.54, 1.807) is 0 Å². The maximum Gasteiger partial charge on any atom is 0.408 e. The molecule has 154 valence electrons. The summed E-state index contributed by atoms with van der Waals surface area (Å²) in [6.45, 7) is 3.46. The van der Waals surface area contributed by atoms with Crippen molar-refractivity contribution < 1.29 is 18.7 Å². The van der Waals surface area contributed by atoms with Crippen LogP contribution in [0.5, 0.6) is 0 Å². The molecule has 0 bridgehead atoms. The lowest BCUT2D eigenvalue weighted by Gasteiger charge is -2.28. The third kappa shape index (κ3) is 5.03. The molecule has 0 spiro atoms. The molecule has 0 aromatic carbocycles. The summed E-state index contributed by atoms with van der Waals surface area (Å²) >= 11 is 18.0. The van der Waals surface area contributed by atoms with Gasteiger partial charge in [0, 0.05) is 19.6 Å². The fourth-order valence-corrected chi connectivity index (χ4v) is 3.13. The third-order valence-corrected chi connectivity index (χ3v) is 4.63. The highest BCUT2D eigenvalue weighted by Crippen LogP contribution is 2.38. The zero-order valence-corrected chi connectivity index (χ0v) is 16.7. The van der Waals surface area contributed by atoms with Gasteiger partial charge >= 0.3 is 12.2 Å². The van der Waals surface area contributed by atoms with Crippen molar-refractivity contribution in [1.82, 2.24) is 29.7 Å². The van der Waals surface area contributed by atoms with Crippen LogP contribution in [-0.4, -0.2) is 73.8 Å². The molecule has 1 aliphatic heterocycles. The molecule has 1 atom stereocenters. The molecule has 3 N–H and O–H groups in total. The first-order valence-electron chi connectivity index (χ1n) is 8.21. The van der Waals surface area contributed by atoms with Crippen LogP contribution in [0.25, 0.3) is 11.2 Å². The number of alkyl halides is 3. The molecule has 2 aromatic heterocycles. The smallest absolute Gasteiger partial charge is 0.408 e. The van der Waals surface area contributed by atoms with Gasteiger partial charge in [0.05, 0.1) is 19.5 Å². The van der Waals surface area contributed by atoms with Gasteiger partial charge in [-0.05, 0) is 0 Å². The fraction of sp³-hybridized carbons (Fsp3) is 0.571. The number of alkyl carbamates (subject to hydrolysis) is 1. The summed E-state index contributed by atoms with van der Waals surface area (Å²) < 4.78 is 23.1. The molecule has 3 heterocycles. The van der Waals surface area contributed by atoms with Gasteiger partial charge < -0.3 is 15.2 Å². The number of nitrogens with one attached hydrogen (secondary N) is 1. The summed E-state index contributed by atoms with van der Waals surface area (Å²) in [5.41, 5.74) is 5.68. The first-order valence-corrected chi connectivity index (χ1v) is 9.35. The second-order valence-corrected chi connectivity index (χ2v) is 8.25. The zero-order chi connectivity index (χ0) is 20.3. The van der Waals surface area contributed by atoms with Crippen molar-refractivity contribution in [3.05, 3.63) is 12.4 Å². The monoisotopic (exact) mass is 455 g/mol. The Morgan fingerprint density at radius 3 is 2.79 bits per heavy atom. The van der Waals surface area contributed by atoms with Crippen LogP contribution < -0.4 is 11.1 Å². The standard InChI is InChI=1S/C14H17Cl3FN7O3/c15-14(16,17)11(23-13(26)28-6-3-24-1-4-27-5-2-24)25-7-20-8-9(19)21-12(18)22-10(8)25/h7,11H,1-6H2,(H,23,26)(H2,19,21,22). The number of ether oxygens (including phenoxy) is 2. The van der Waals surface area contributed by atoms with Crippen LogP contribution in [0.1, 0.15) is 6.17 Å². The predicted molar refractivity (Wildman–Crippen MR) is 101 cm³/mol. The zero-order valence-electron chi connectivity index (χ0n) is 14.4. The van der Waals surface area contributed by atoms with Gasteiger partial charge in [0.25, 0.3) is 0 Å². The van der Waals surface area contributed by atoms with Crippen molar-refractivity contribution in [2.75, 3.05) is 45.2 Å². The number of nitrogen functional groups attached to an aromatic ring is 1. The van der Waals surface area contributed by atoms with E-state index in [1.807, 2.05) is 0 Å². The maximum atomic E-state index is 13.6. The Labute approximate surface area is 174 Å². The molecule has 14 heteroatoms. The van der Waals surface area contributed by atoms with E-state index in [2.05, 4.69) is 25.2 Å². The average Bonchev–Trinajstić information content (AvgIpc) is 3.03. The summed E-state index contributed by atoms with van der Waals surface area (Å²) in [7, 11) is 0. The van der Waals surface area contributed by atoms with Crippen LogP contribution in [0.15, 0.2) is 6.33 Å². The number of nitrogens with zero attached hydrogens (tertiary/aromatic N) is 5. The molecule has 0 aliphatic carbocycles. The molecule has 1 fully saturated rings. The van der Waals surface area contributed by atoms with E-state index in [-0.39, 0.29) is 23.6 Å². The molecule has 0 radical (unpaired) electrons. The first kappa shape index (κ1) is 21.1. The number of halogens is 4. The minimum atomic E-state index is -2.02. The molecular formula is C14H17Cl3FN7O3. The van der Waals surface area contributed by atoms with Gasteiger partial charge in [0.2, 0.25) is 3.79 Å². The Hall–Kier alpha value is -1.66. The van der Waals surface area contributed by atoms with Crippen LogP contribution in [0, 0.1) is 6.08 Å². The second-order valence-electron chi connectivity index (χ2n) is 5.88. The highest BCUT2D eigenvalue weighted by atomic mass is 35.6. The normalized spacial score (nSPS) is 16.9. The van der Waals surface area contributed by atoms with Gasteiger partial charge in [-0.2, -0.15) is 14.4 Å². The molecule has 2 aromatic rings. The summed E-state index contributed by atoms with van der Waals surface area (Å²) in [5, 5.41) is 2.43. The van der Waals surface area contributed by atoms with Crippen molar-refractivity contribution >= 4 is 57.9 Å². The van der Waals surface area contributed by atoms with Crippen LogP contribution >= 0.6 is 34.8 Å². The van der Waals surface area contributed by atoms with E-state index in [1.165, 1.54) is 10.9 Å². The molecule has 10 nitrogen and oxygen atoms in total. The Balaban J connectivity index is 1.70. The Morgan fingerprint density at radius 1 is 1.39 bits per heavy atom. The Morgan fingerprint density at radius 2 is 2.11 bits per heavy atom. The first-order chi connectivity index (χ1) is 13.3. The van der Waals surface area contributed by atoms with E-state index in [0.29, 0.717) is 19.8 Å². The minimum Gasteiger partial charge on any atom is -0.448 e. The molecule has 1 aliphatic rings. The third-order valence-electron chi connectivity index (χ3n) is 4.01. The summed E-state index contributed by atoms with van der Waals surface area (Å²) in [4.78, 5) is 25.3. The van der Waals surface area contributed by atoms with E-state index >= 15 is 0 Å².